The highest BCUT2D eigenvalue weighted by Gasteiger charge is 2.45. The van der Waals surface area contributed by atoms with E-state index in [0.29, 0.717) is 37.9 Å². The number of hydrogen-bond acceptors (Lipinski definition) is 4. The van der Waals surface area contributed by atoms with Gasteiger partial charge < -0.3 is 14.6 Å². The quantitative estimate of drug-likeness (QED) is 0.908. The summed E-state index contributed by atoms with van der Waals surface area (Å²) >= 11 is 0. The van der Waals surface area contributed by atoms with Gasteiger partial charge in [0.2, 0.25) is 5.88 Å². The number of carboxylic acid groups (broad SMARTS) is 1. The fourth-order valence-electron chi connectivity index (χ4n) is 2.84. The number of rotatable bonds is 2. The van der Waals surface area contributed by atoms with Crippen molar-refractivity contribution in [2.24, 2.45) is 5.41 Å². The van der Waals surface area contributed by atoms with Crippen molar-refractivity contribution in [1.29, 1.82) is 0 Å². The standard InChI is InChI=1S/C15H14N2O4/c18-14(19)11-12(10-4-2-1-3-5-10)16-17-6-15(7-20-8-15)9-21-13(11)17/h1-5H,6-9H2,(H,18,19). The summed E-state index contributed by atoms with van der Waals surface area (Å²) in [5.41, 5.74) is 1.31. The zero-order valence-corrected chi connectivity index (χ0v) is 11.3. The summed E-state index contributed by atoms with van der Waals surface area (Å²) in [5, 5.41) is 14.0. The molecule has 0 aliphatic carbocycles. The van der Waals surface area contributed by atoms with Crippen LogP contribution in [0.25, 0.3) is 11.3 Å². The van der Waals surface area contributed by atoms with Crippen molar-refractivity contribution in [1.82, 2.24) is 9.78 Å². The highest BCUT2D eigenvalue weighted by molar-refractivity contribution is 5.97. The van der Waals surface area contributed by atoms with E-state index < -0.39 is 5.97 Å². The molecule has 0 radical (unpaired) electrons. The molecule has 1 N–H and O–H groups in total. The third kappa shape index (κ3) is 1.83. The van der Waals surface area contributed by atoms with Gasteiger partial charge in [0, 0.05) is 5.56 Å². The lowest BCUT2D eigenvalue weighted by molar-refractivity contribution is -0.154. The Balaban J connectivity index is 1.83. The van der Waals surface area contributed by atoms with Gasteiger partial charge in [0.05, 0.1) is 25.2 Å². The Morgan fingerprint density at radius 1 is 1.24 bits per heavy atom. The minimum atomic E-state index is -1.02. The van der Waals surface area contributed by atoms with E-state index in [1.165, 1.54) is 0 Å². The van der Waals surface area contributed by atoms with E-state index in [4.69, 9.17) is 9.47 Å². The maximum atomic E-state index is 11.6. The zero-order valence-electron chi connectivity index (χ0n) is 11.3. The number of hydrogen-bond donors (Lipinski definition) is 1. The molecule has 108 valence electrons. The third-order valence-corrected chi connectivity index (χ3v) is 3.98. The smallest absolute Gasteiger partial charge is 0.343 e. The Labute approximate surface area is 120 Å². The van der Waals surface area contributed by atoms with E-state index in [-0.39, 0.29) is 11.0 Å². The lowest BCUT2D eigenvalue weighted by atomic mass is 9.86. The average molecular weight is 286 g/mol. The molecule has 1 saturated heterocycles. The molecule has 3 heterocycles. The van der Waals surface area contributed by atoms with Crippen LogP contribution in [0.2, 0.25) is 0 Å². The lowest BCUT2D eigenvalue weighted by Crippen LogP contribution is -2.52. The van der Waals surface area contributed by atoms with Crippen molar-refractivity contribution >= 4 is 5.97 Å². The van der Waals surface area contributed by atoms with Gasteiger partial charge in [-0.2, -0.15) is 5.10 Å². The van der Waals surface area contributed by atoms with Crippen LogP contribution in [0.3, 0.4) is 0 Å². The number of aromatic carboxylic acids is 1. The molecular formula is C15H14N2O4. The number of carboxylic acids is 1. The largest absolute Gasteiger partial charge is 0.477 e. The first kappa shape index (κ1) is 12.4. The van der Waals surface area contributed by atoms with Gasteiger partial charge in [-0.05, 0) is 0 Å². The Morgan fingerprint density at radius 2 is 2.00 bits per heavy atom. The first-order valence-electron chi connectivity index (χ1n) is 6.79. The Morgan fingerprint density at radius 3 is 2.62 bits per heavy atom. The molecule has 0 unspecified atom stereocenters. The van der Waals surface area contributed by atoms with Gasteiger partial charge in [-0.15, -0.1) is 0 Å². The van der Waals surface area contributed by atoms with Crippen molar-refractivity contribution in [3.05, 3.63) is 35.9 Å². The van der Waals surface area contributed by atoms with Crippen molar-refractivity contribution in [3.63, 3.8) is 0 Å². The van der Waals surface area contributed by atoms with Crippen molar-refractivity contribution in [2.75, 3.05) is 19.8 Å². The summed E-state index contributed by atoms with van der Waals surface area (Å²) in [4.78, 5) is 11.6. The minimum Gasteiger partial charge on any atom is -0.477 e. The molecule has 2 aliphatic rings. The van der Waals surface area contributed by atoms with Crippen LogP contribution in [0.1, 0.15) is 10.4 Å². The van der Waals surface area contributed by atoms with Crippen molar-refractivity contribution < 1.29 is 19.4 Å². The van der Waals surface area contributed by atoms with E-state index in [1.54, 1.807) is 4.68 Å². The van der Waals surface area contributed by atoms with E-state index >= 15 is 0 Å². The van der Waals surface area contributed by atoms with Crippen LogP contribution in [-0.4, -0.2) is 40.7 Å². The molecule has 1 aromatic carbocycles. The summed E-state index contributed by atoms with van der Waals surface area (Å²) in [5.74, 6) is -0.671. The Kier molecular flexibility index (Phi) is 2.56. The third-order valence-electron chi connectivity index (χ3n) is 3.98. The molecule has 21 heavy (non-hydrogen) atoms. The maximum absolute atomic E-state index is 11.6. The summed E-state index contributed by atoms with van der Waals surface area (Å²) < 4.78 is 12.6. The predicted molar refractivity (Wildman–Crippen MR) is 73.4 cm³/mol. The van der Waals surface area contributed by atoms with E-state index in [2.05, 4.69) is 5.10 Å². The molecule has 1 aromatic heterocycles. The summed E-state index contributed by atoms with van der Waals surface area (Å²) in [7, 11) is 0. The second-order valence-corrected chi connectivity index (χ2v) is 5.64. The van der Waals surface area contributed by atoms with E-state index in [9.17, 15) is 9.90 Å². The topological polar surface area (TPSA) is 73.6 Å². The normalized spacial score (nSPS) is 18.7. The second-order valence-electron chi connectivity index (χ2n) is 5.64. The predicted octanol–water partition coefficient (Wildman–Crippen LogP) is 1.66. The van der Waals surface area contributed by atoms with Crippen LogP contribution in [0, 0.1) is 5.41 Å². The number of nitrogens with zero attached hydrogens (tertiary/aromatic N) is 2. The van der Waals surface area contributed by atoms with Gasteiger partial charge in [-0.25, -0.2) is 9.48 Å². The molecule has 6 heteroatoms. The van der Waals surface area contributed by atoms with Crippen LogP contribution in [0.5, 0.6) is 5.88 Å². The molecule has 2 aliphatic heterocycles. The number of fused-ring (bicyclic) bond motifs is 1. The molecule has 0 saturated carbocycles. The fourth-order valence-corrected chi connectivity index (χ4v) is 2.84. The first-order valence-corrected chi connectivity index (χ1v) is 6.79. The van der Waals surface area contributed by atoms with Crippen LogP contribution in [0.15, 0.2) is 30.3 Å². The lowest BCUT2D eigenvalue weighted by Gasteiger charge is -2.43. The Bertz CT molecular complexity index is 704. The van der Waals surface area contributed by atoms with Gasteiger partial charge in [0.1, 0.15) is 17.9 Å². The molecule has 4 rings (SSSR count). The zero-order chi connectivity index (χ0) is 14.4. The first-order chi connectivity index (χ1) is 10.2. The van der Waals surface area contributed by atoms with Gasteiger partial charge in [-0.1, -0.05) is 30.3 Å². The van der Waals surface area contributed by atoms with Gasteiger partial charge in [0.25, 0.3) is 0 Å². The SMILES string of the molecule is O=C(O)c1c(-c2ccccc2)nn2c1OCC1(COC1)C2. The van der Waals surface area contributed by atoms with E-state index in [0.717, 1.165) is 5.56 Å². The summed E-state index contributed by atoms with van der Waals surface area (Å²) in [6, 6.07) is 9.31. The molecule has 2 aromatic rings. The van der Waals surface area contributed by atoms with Crippen molar-refractivity contribution in [3.8, 4) is 17.1 Å². The average Bonchev–Trinajstić information content (AvgIpc) is 2.84. The molecule has 0 amide bonds. The van der Waals surface area contributed by atoms with Crippen LogP contribution < -0.4 is 4.74 Å². The van der Waals surface area contributed by atoms with Crippen LogP contribution in [-0.2, 0) is 11.3 Å². The van der Waals surface area contributed by atoms with E-state index in [1.807, 2.05) is 30.3 Å². The number of benzene rings is 1. The van der Waals surface area contributed by atoms with Crippen LogP contribution >= 0.6 is 0 Å². The van der Waals surface area contributed by atoms with Gasteiger partial charge >= 0.3 is 5.97 Å². The number of carbonyl (C=O) groups is 1. The number of ether oxygens (including phenoxy) is 2. The number of aromatic nitrogens is 2. The molecule has 6 nitrogen and oxygen atoms in total. The molecular weight excluding hydrogens is 272 g/mol. The highest BCUT2D eigenvalue weighted by atomic mass is 16.5. The highest BCUT2D eigenvalue weighted by Crippen LogP contribution is 2.39. The molecule has 1 fully saturated rings. The van der Waals surface area contributed by atoms with Crippen LogP contribution in [0.4, 0.5) is 0 Å². The second kappa shape index (κ2) is 4.33. The Hall–Kier alpha value is -2.34. The minimum absolute atomic E-state index is 0.0528. The monoisotopic (exact) mass is 286 g/mol. The molecule has 0 atom stereocenters. The van der Waals surface area contributed by atoms with Crippen molar-refractivity contribution in [2.45, 2.75) is 6.54 Å². The fraction of sp³-hybridized carbons (Fsp3) is 0.333. The van der Waals surface area contributed by atoms with Gasteiger partial charge in [0.15, 0.2) is 0 Å². The summed E-state index contributed by atoms with van der Waals surface area (Å²) in [6.45, 7) is 2.38. The maximum Gasteiger partial charge on any atom is 0.343 e. The summed E-state index contributed by atoms with van der Waals surface area (Å²) in [6.07, 6.45) is 0. The molecule has 1 spiro atoms. The van der Waals surface area contributed by atoms with Gasteiger partial charge in [-0.3, -0.25) is 0 Å². The molecule has 0 bridgehead atoms.